The molecule has 9 nitrogen and oxygen atoms in total. The van der Waals surface area contributed by atoms with Gasteiger partial charge in [-0.25, -0.2) is 9.67 Å². The van der Waals surface area contributed by atoms with Gasteiger partial charge in [-0.1, -0.05) is 11.6 Å². The molecule has 0 bridgehead atoms. The van der Waals surface area contributed by atoms with E-state index >= 15 is 0 Å². The third kappa shape index (κ3) is 4.64. The molecule has 0 aliphatic heterocycles. The van der Waals surface area contributed by atoms with Crippen LogP contribution in [0.5, 0.6) is 11.5 Å². The van der Waals surface area contributed by atoms with Crippen LogP contribution < -0.4 is 20.3 Å². The van der Waals surface area contributed by atoms with Gasteiger partial charge in [0.2, 0.25) is 5.82 Å². The second kappa shape index (κ2) is 8.61. The van der Waals surface area contributed by atoms with E-state index in [2.05, 4.69) is 20.9 Å². The largest absolute Gasteiger partial charge is 0.497 e. The fraction of sp³-hybridized carbons (Fsp3) is 0.158. The first-order valence-electron chi connectivity index (χ1n) is 8.44. The van der Waals surface area contributed by atoms with Crippen LogP contribution in [0.4, 0.5) is 0 Å². The van der Waals surface area contributed by atoms with Crippen LogP contribution in [0, 0.1) is 6.92 Å². The van der Waals surface area contributed by atoms with Crippen LogP contribution >= 0.6 is 11.6 Å². The van der Waals surface area contributed by atoms with Gasteiger partial charge in [0.25, 0.3) is 5.91 Å². The number of nitrogens with zero attached hydrogens (tertiary/aromatic N) is 3. The molecule has 3 aromatic rings. The molecule has 0 aliphatic rings. The Balaban J connectivity index is 1.70. The number of amides is 2. The number of hydrogen-bond donors (Lipinski definition) is 2. The lowest BCUT2D eigenvalue weighted by Gasteiger charge is -2.09. The number of benzene rings is 2. The van der Waals surface area contributed by atoms with Crippen LogP contribution in [0.3, 0.4) is 0 Å². The Morgan fingerprint density at radius 2 is 1.55 bits per heavy atom. The summed E-state index contributed by atoms with van der Waals surface area (Å²) in [5.41, 5.74) is 5.56. The van der Waals surface area contributed by atoms with E-state index in [-0.39, 0.29) is 11.4 Å². The zero-order valence-corrected chi connectivity index (χ0v) is 16.6. The molecule has 0 atom stereocenters. The van der Waals surface area contributed by atoms with Gasteiger partial charge in [0.15, 0.2) is 0 Å². The number of carbonyl (C=O) groups excluding carboxylic acids is 2. The second-order valence-corrected chi connectivity index (χ2v) is 6.32. The normalized spacial score (nSPS) is 10.3. The zero-order chi connectivity index (χ0) is 21.0. The number of halogens is 1. The van der Waals surface area contributed by atoms with Gasteiger partial charge >= 0.3 is 5.91 Å². The maximum Gasteiger partial charge on any atom is 0.309 e. The van der Waals surface area contributed by atoms with E-state index in [0.717, 1.165) is 0 Å². The highest BCUT2D eigenvalue weighted by molar-refractivity contribution is 6.30. The van der Waals surface area contributed by atoms with Crippen molar-refractivity contribution in [1.29, 1.82) is 0 Å². The third-order valence-corrected chi connectivity index (χ3v) is 4.20. The summed E-state index contributed by atoms with van der Waals surface area (Å²) in [6, 6.07) is 11.6. The van der Waals surface area contributed by atoms with Crippen molar-refractivity contribution in [3.63, 3.8) is 0 Å². The number of methoxy groups -OCH3 is 2. The van der Waals surface area contributed by atoms with E-state index in [4.69, 9.17) is 21.1 Å². The molecule has 0 saturated heterocycles. The zero-order valence-electron chi connectivity index (χ0n) is 15.9. The Hall–Kier alpha value is -3.59. The standard InChI is InChI=1S/C19H18ClN5O4/c1-11-21-17(24-25(11)14-6-4-13(20)5-7-14)19(27)23-22-18(26)12-8-15(28-2)10-16(9-12)29-3/h4-10H,1-3H3,(H,22,26)(H,23,27). The van der Waals surface area contributed by atoms with E-state index in [1.807, 2.05) is 0 Å². The summed E-state index contributed by atoms with van der Waals surface area (Å²) >= 11 is 5.89. The number of hydrogen-bond acceptors (Lipinski definition) is 6. The van der Waals surface area contributed by atoms with Crippen LogP contribution in [-0.2, 0) is 0 Å². The minimum atomic E-state index is -0.663. The van der Waals surface area contributed by atoms with Crippen LogP contribution in [0.25, 0.3) is 5.69 Å². The predicted molar refractivity (Wildman–Crippen MR) is 106 cm³/mol. The van der Waals surface area contributed by atoms with E-state index < -0.39 is 11.8 Å². The molecule has 10 heteroatoms. The first-order valence-corrected chi connectivity index (χ1v) is 8.82. The topological polar surface area (TPSA) is 107 Å². The Kier molecular flexibility index (Phi) is 5.99. The molecule has 2 N–H and O–H groups in total. The summed E-state index contributed by atoms with van der Waals surface area (Å²) in [6.45, 7) is 1.71. The second-order valence-electron chi connectivity index (χ2n) is 5.88. The minimum Gasteiger partial charge on any atom is -0.497 e. The Morgan fingerprint density at radius 3 is 2.14 bits per heavy atom. The molecule has 2 aromatic carbocycles. The molecular formula is C19H18ClN5O4. The third-order valence-electron chi connectivity index (χ3n) is 3.95. The van der Waals surface area contributed by atoms with Crippen LogP contribution in [0.15, 0.2) is 42.5 Å². The van der Waals surface area contributed by atoms with Gasteiger partial charge in [0, 0.05) is 16.7 Å². The van der Waals surface area contributed by atoms with Crippen LogP contribution in [-0.4, -0.2) is 40.8 Å². The Bertz CT molecular complexity index is 1030. The SMILES string of the molecule is COc1cc(OC)cc(C(=O)NNC(=O)c2nc(C)n(-c3ccc(Cl)cc3)n2)c1. The van der Waals surface area contributed by atoms with E-state index in [1.165, 1.54) is 31.0 Å². The number of nitrogens with one attached hydrogen (secondary N) is 2. The highest BCUT2D eigenvalue weighted by Gasteiger charge is 2.17. The monoisotopic (exact) mass is 415 g/mol. The molecule has 2 amide bonds. The number of rotatable bonds is 5. The van der Waals surface area contributed by atoms with E-state index in [9.17, 15) is 9.59 Å². The van der Waals surface area contributed by atoms with Gasteiger partial charge in [-0.15, -0.1) is 5.10 Å². The molecule has 0 fully saturated rings. The molecule has 1 aromatic heterocycles. The number of aryl methyl sites for hydroxylation is 1. The molecule has 3 rings (SSSR count). The molecule has 0 saturated carbocycles. The van der Waals surface area contributed by atoms with Crippen LogP contribution in [0.2, 0.25) is 5.02 Å². The molecule has 1 heterocycles. The fourth-order valence-electron chi connectivity index (χ4n) is 2.49. The average Bonchev–Trinajstić information content (AvgIpc) is 3.13. The van der Waals surface area contributed by atoms with Crippen molar-refractivity contribution >= 4 is 23.4 Å². The van der Waals surface area contributed by atoms with Crippen molar-refractivity contribution in [1.82, 2.24) is 25.6 Å². The lowest BCUT2D eigenvalue weighted by molar-refractivity contribution is 0.0840. The fourth-order valence-corrected chi connectivity index (χ4v) is 2.62. The number of ether oxygens (including phenoxy) is 2. The van der Waals surface area contributed by atoms with Gasteiger partial charge in [-0.05, 0) is 43.3 Å². The number of aromatic nitrogens is 3. The van der Waals surface area contributed by atoms with Gasteiger partial charge in [0.05, 0.1) is 19.9 Å². The van der Waals surface area contributed by atoms with E-state index in [1.54, 1.807) is 37.3 Å². The van der Waals surface area contributed by atoms with Gasteiger partial charge in [0.1, 0.15) is 17.3 Å². The van der Waals surface area contributed by atoms with Crippen molar-refractivity contribution in [2.45, 2.75) is 6.92 Å². The Morgan fingerprint density at radius 1 is 0.966 bits per heavy atom. The molecular weight excluding hydrogens is 398 g/mol. The first-order chi connectivity index (χ1) is 13.9. The maximum atomic E-state index is 12.3. The molecule has 29 heavy (non-hydrogen) atoms. The summed E-state index contributed by atoms with van der Waals surface area (Å²) in [6.07, 6.45) is 0. The molecule has 150 valence electrons. The predicted octanol–water partition coefficient (Wildman–Crippen LogP) is 2.32. The average molecular weight is 416 g/mol. The first kappa shape index (κ1) is 20.2. The number of carbonyl (C=O) groups is 2. The summed E-state index contributed by atoms with van der Waals surface area (Å²) in [7, 11) is 2.95. The molecule has 0 radical (unpaired) electrons. The van der Waals surface area contributed by atoms with Crippen molar-refractivity contribution < 1.29 is 19.1 Å². The lowest BCUT2D eigenvalue weighted by atomic mass is 10.2. The highest BCUT2D eigenvalue weighted by Crippen LogP contribution is 2.22. The summed E-state index contributed by atoms with van der Waals surface area (Å²) in [5.74, 6) is 0.0791. The quantitative estimate of drug-likeness (QED) is 0.619. The lowest BCUT2D eigenvalue weighted by Crippen LogP contribution is -2.42. The van der Waals surface area contributed by atoms with Crippen molar-refractivity contribution in [3.05, 3.63) is 64.7 Å². The smallest absolute Gasteiger partial charge is 0.309 e. The molecule has 0 unspecified atom stereocenters. The summed E-state index contributed by atoms with van der Waals surface area (Å²) in [5, 5.41) is 4.76. The summed E-state index contributed by atoms with van der Waals surface area (Å²) in [4.78, 5) is 28.8. The maximum absolute atomic E-state index is 12.3. The van der Waals surface area contributed by atoms with Crippen LogP contribution in [0.1, 0.15) is 26.8 Å². The van der Waals surface area contributed by atoms with Crippen molar-refractivity contribution in [2.24, 2.45) is 0 Å². The minimum absolute atomic E-state index is 0.0963. The van der Waals surface area contributed by atoms with Gasteiger partial charge in [-0.2, -0.15) is 0 Å². The summed E-state index contributed by atoms with van der Waals surface area (Å²) < 4.78 is 11.8. The van der Waals surface area contributed by atoms with Gasteiger partial charge in [-0.3, -0.25) is 20.4 Å². The molecule has 0 aliphatic carbocycles. The molecule has 0 spiro atoms. The Labute approximate surface area is 171 Å². The van der Waals surface area contributed by atoms with Gasteiger partial charge < -0.3 is 9.47 Å². The van der Waals surface area contributed by atoms with Crippen molar-refractivity contribution in [2.75, 3.05) is 14.2 Å². The van der Waals surface area contributed by atoms with E-state index in [0.29, 0.717) is 28.0 Å². The van der Waals surface area contributed by atoms with Crippen molar-refractivity contribution in [3.8, 4) is 17.2 Å². The number of hydrazine groups is 1. The highest BCUT2D eigenvalue weighted by atomic mass is 35.5.